The predicted molar refractivity (Wildman–Crippen MR) is 56.3 cm³/mol. The number of rotatable bonds is 5. The lowest BCUT2D eigenvalue weighted by atomic mass is 10.1. The number of carboxylic acid groups (broad SMARTS) is 1. The van der Waals surface area contributed by atoms with E-state index in [1.165, 1.54) is 6.42 Å². The van der Waals surface area contributed by atoms with Crippen molar-refractivity contribution < 1.29 is 9.90 Å². The van der Waals surface area contributed by atoms with Crippen molar-refractivity contribution in [3.63, 3.8) is 0 Å². The normalized spacial score (nSPS) is 23.2. The van der Waals surface area contributed by atoms with Crippen LogP contribution in [-0.2, 0) is 4.79 Å². The zero-order chi connectivity index (χ0) is 10.6. The molecule has 0 aromatic heterocycles. The SMILES string of the molecule is CC(C)CCN1CCC(CC(=O)O)C1. The van der Waals surface area contributed by atoms with Gasteiger partial charge in [-0.15, -0.1) is 0 Å². The molecule has 14 heavy (non-hydrogen) atoms. The molecule has 3 nitrogen and oxygen atoms in total. The minimum atomic E-state index is -0.652. The summed E-state index contributed by atoms with van der Waals surface area (Å²) in [6.07, 6.45) is 2.63. The highest BCUT2D eigenvalue weighted by Crippen LogP contribution is 2.20. The highest BCUT2D eigenvalue weighted by atomic mass is 16.4. The second kappa shape index (κ2) is 5.35. The molecule has 0 aromatic rings. The molecule has 1 atom stereocenters. The van der Waals surface area contributed by atoms with Crippen LogP contribution >= 0.6 is 0 Å². The third kappa shape index (κ3) is 4.09. The van der Waals surface area contributed by atoms with Crippen LogP contribution in [0.5, 0.6) is 0 Å². The lowest BCUT2D eigenvalue weighted by Crippen LogP contribution is -2.23. The summed E-state index contributed by atoms with van der Waals surface area (Å²) in [6.45, 7) is 7.66. The summed E-state index contributed by atoms with van der Waals surface area (Å²) in [5, 5.41) is 8.66. The molecule has 1 heterocycles. The van der Waals surface area contributed by atoms with Crippen LogP contribution in [0.2, 0.25) is 0 Å². The van der Waals surface area contributed by atoms with Gasteiger partial charge in [-0.25, -0.2) is 0 Å². The molecule has 0 aromatic carbocycles. The van der Waals surface area contributed by atoms with E-state index in [2.05, 4.69) is 18.7 Å². The van der Waals surface area contributed by atoms with Crippen molar-refractivity contribution in [1.82, 2.24) is 4.90 Å². The van der Waals surface area contributed by atoms with E-state index >= 15 is 0 Å². The summed E-state index contributed by atoms with van der Waals surface area (Å²) < 4.78 is 0. The third-order valence-electron chi connectivity index (χ3n) is 2.86. The van der Waals surface area contributed by atoms with E-state index in [1.807, 2.05) is 0 Å². The fraction of sp³-hybridized carbons (Fsp3) is 0.909. The maximum Gasteiger partial charge on any atom is 0.303 e. The minimum absolute atomic E-state index is 0.345. The molecule has 82 valence electrons. The fourth-order valence-corrected chi connectivity index (χ4v) is 1.97. The maximum atomic E-state index is 10.5. The number of likely N-dealkylation sites (tertiary alicyclic amines) is 1. The molecule has 0 saturated carbocycles. The molecule has 1 rings (SSSR count). The standard InChI is InChI=1S/C11H21NO2/c1-9(2)3-5-12-6-4-10(8-12)7-11(13)14/h9-10H,3-8H2,1-2H3,(H,13,14). The quantitative estimate of drug-likeness (QED) is 0.734. The number of hydrogen-bond acceptors (Lipinski definition) is 2. The van der Waals surface area contributed by atoms with Gasteiger partial charge in [-0.3, -0.25) is 4.79 Å². The van der Waals surface area contributed by atoms with Crippen LogP contribution in [0.4, 0.5) is 0 Å². The fourth-order valence-electron chi connectivity index (χ4n) is 1.97. The molecule has 0 amide bonds. The van der Waals surface area contributed by atoms with Gasteiger partial charge in [0.1, 0.15) is 0 Å². The first-order chi connectivity index (χ1) is 6.58. The summed E-state index contributed by atoms with van der Waals surface area (Å²) in [4.78, 5) is 12.9. The van der Waals surface area contributed by atoms with Gasteiger partial charge in [0.05, 0.1) is 0 Å². The Balaban J connectivity index is 2.17. The lowest BCUT2D eigenvalue weighted by molar-refractivity contribution is -0.138. The summed E-state index contributed by atoms with van der Waals surface area (Å²) in [5.41, 5.74) is 0. The topological polar surface area (TPSA) is 40.5 Å². The molecule has 1 aliphatic heterocycles. The number of hydrogen-bond donors (Lipinski definition) is 1. The number of nitrogens with zero attached hydrogens (tertiary/aromatic N) is 1. The van der Waals surface area contributed by atoms with Gasteiger partial charge in [0.2, 0.25) is 0 Å². The highest BCUT2D eigenvalue weighted by Gasteiger charge is 2.23. The summed E-state index contributed by atoms with van der Waals surface area (Å²) in [6, 6.07) is 0. The lowest BCUT2D eigenvalue weighted by Gasteiger charge is -2.16. The van der Waals surface area contributed by atoms with Gasteiger partial charge in [-0.1, -0.05) is 13.8 Å². The second-order valence-corrected chi connectivity index (χ2v) is 4.74. The van der Waals surface area contributed by atoms with Gasteiger partial charge in [0.15, 0.2) is 0 Å². The molecule has 1 aliphatic rings. The molecule has 0 bridgehead atoms. The molecule has 1 saturated heterocycles. The summed E-state index contributed by atoms with van der Waals surface area (Å²) in [7, 11) is 0. The van der Waals surface area contributed by atoms with Crippen molar-refractivity contribution in [2.24, 2.45) is 11.8 Å². The Labute approximate surface area is 86.1 Å². The number of aliphatic carboxylic acids is 1. The van der Waals surface area contributed by atoms with E-state index < -0.39 is 5.97 Å². The van der Waals surface area contributed by atoms with Crippen LogP contribution in [0.15, 0.2) is 0 Å². The Morgan fingerprint density at radius 1 is 1.57 bits per heavy atom. The molecule has 0 spiro atoms. The van der Waals surface area contributed by atoms with E-state index in [0.717, 1.165) is 32.0 Å². The van der Waals surface area contributed by atoms with E-state index in [4.69, 9.17) is 5.11 Å². The molecule has 1 unspecified atom stereocenters. The predicted octanol–water partition coefficient (Wildman–Crippen LogP) is 1.83. The van der Waals surface area contributed by atoms with Crippen molar-refractivity contribution in [3.05, 3.63) is 0 Å². The number of carbonyl (C=O) groups is 1. The molecular formula is C11H21NO2. The Morgan fingerprint density at radius 2 is 2.29 bits per heavy atom. The Hall–Kier alpha value is -0.570. The average molecular weight is 199 g/mol. The van der Waals surface area contributed by atoms with Crippen molar-refractivity contribution in [2.75, 3.05) is 19.6 Å². The van der Waals surface area contributed by atoms with Crippen molar-refractivity contribution >= 4 is 5.97 Å². The van der Waals surface area contributed by atoms with Crippen LogP contribution in [0.25, 0.3) is 0 Å². The van der Waals surface area contributed by atoms with Crippen LogP contribution < -0.4 is 0 Å². The first-order valence-electron chi connectivity index (χ1n) is 5.52. The second-order valence-electron chi connectivity index (χ2n) is 4.74. The molecule has 0 aliphatic carbocycles. The monoisotopic (exact) mass is 199 g/mol. The van der Waals surface area contributed by atoms with Gasteiger partial charge >= 0.3 is 5.97 Å². The Kier molecular flexibility index (Phi) is 4.39. The Bertz CT molecular complexity index is 192. The average Bonchev–Trinajstić information content (AvgIpc) is 2.47. The highest BCUT2D eigenvalue weighted by molar-refractivity contribution is 5.67. The summed E-state index contributed by atoms with van der Waals surface area (Å²) >= 11 is 0. The first kappa shape index (κ1) is 11.5. The molecule has 3 heteroatoms. The zero-order valence-corrected chi connectivity index (χ0v) is 9.20. The van der Waals surface area contributed by atoms with Gasteiger partial charge < -0.3 is 10.0 Å². The van der Waals surface area contributed by atoms with Crippen molar-refractivity contribution in [3.8, 4) is 0 Å². The summed E-state index contributed by atoms with van der Waals surface area (Å²) in [5.74, 6) is 0.480. The van der Waals surface area contributed by atoms with E-state index in [-0.39, 0.29) is 0 Å². The zero-order valence-electron chi connectivity index (χ0n) is 9.20. The molecule has 0 radical (unpaired) electrons. The number of carboxylic acids is 1. The Morgan fingerprint density at radius 3 is 2.86 bits per heavy atom. The van der Waals surface area contributed by atoms with E-state index in [1.54, 1.807) is 0 Å². The maximum absolute atomic E-state index is 10.5. The van der Waals surface area contributed by atoms with E-state index in [9.17, 15) is 4.79 Å². The first-order valence-corrected chi connectivity index (χ1v) is 5.52. The van der Waals surface area contributed by atoms with Gasteiger partial charge in [0, 0.05) is 13.0 Å². The van der Waals surface area contributed by atoms with Crippen LogP contribution in [0.3, 0.4) is 0 Å². The van der Waals surface area contributed by atoms with Crippen molar-refractivity contribution in [1.29, 1.82) is 0 Å². The molecule has 1 N–H and O–H groups in total. The molecular weight excluding hydrogens is 178 g/mol. The minimum Gasteiger partial charge on any atom is -0.481 e. The largest absolute Gasteiger partial charge is 0.481 e. The van der Waals surface area contributed by atoms with Crippen LogP contribution in [0, 0.1) is 11.8 Å². The van der Waals surface area contributed by atoms with Crippen LogP contribution in [0.1, 0.15) is 33.1 Å². The smallest absolute Gasteiger partial charge is 0.303 e. The van der Waals surface area contributed by atoms with Crippen molar-refractivity contribution in [2.45, 2.75) is 33.1 Å². The third-order valence-corrected chi connectivity index (χ3v) is 2.86. The molecule has 1 fully saturated rings. The van der Waals surface area contributed by atoms with Gasteiger partial charge in [-0.05, 0) is 37.8 Å². The van der Waals surface area contributed by atoms with E-state index in [0.29, 0.717) is 12.3 Å². The van der Waals surface area contributed by atoms with Gasteiger partial charge in [-0.2, -0.15) is 0 Å². The van der Waals surface area contributed by atoms with Gasteiger partial charge in [0.25, 0.3) is 0 Å². The van der Waals surface area contributed by atoms with Crippen LogP contribution in [-0.4, -0.2) is 35.6 Å².